The molecule has 94 valence electrons. The van der Waals surface area contributed by atoms with E-state index in [2.05, 4.69) is 10.3 Å². The van der Waals surface area contributed by atoms with Gasteiger partial charge in [-0.05, 0) is 12.1 Å². The first kappa shape index (κ1) is 12.7. The minimum Gasteiger partial charge on any atom is -0.391 e. The number of hydrogen-bond acceptors (Lipinski definition) is 4. The third-order valence-corrected chi connectivity index (χ3v) is 3.73. The van der Waals surface area contributed by atoms with Gasteiger partial charge in [-0.1, -0.05) is 11.8 Å². The van der Waals surface area contributed by atoms with E-state index in [1.807, 2.05) is 0 Å². The lowest BCUT2D eigenvalue weighted by atomic mass is 10.3. The van der Waals surface area contributed by atoms with Gasteiger partial charge in [0.25, 0.3) is 0 Å². The van der Waals surface area contributed by atoms with Gasteiger partial charge >= 0.3 is 6.18 Å². The van der Waals surface area contributed by atoms with Crippen molar-refractivity contribution < 1.29 is 18.3 Å². The van der Waals surface area contributed by atoms with Crippen molar-refractivity contribution in [1.82, 2.24) is 10.3 Å². The monoisotopic (exact) mass is 264 g/mol. The van der Waals surface area contributed by atoms with E-state index in [1.54, 1.807) is 0 Å². The molecule has 3 nitrogen and oxygen atoms in total. The van der Waals surface area contributed by atoms with Crippen LogP contribution in [0.15, 0.2) is 23.4 Å². The summed E-state index contributed by atoms with van der Waals surface area (Å²) in [6.45, 7) is 1.15. The normalized spacial score (nSPS) is 25.2. The highest BCUT2D eigenvalue weighted by atomic mass is 32.2. The molecule has 1 aromatic rings. The number of hydrogen-bond donors (Lipinski definition) is 2. The second kappa shape index (κ2) is 4.83. The molecule has 1 fully saturated rings. The van der Waals surface area contributed by atoms with Crippen molar-refractivity contribution in [3.05, 3.63) is 23.9 Å². The number of thioether (sulfide) groups is 1. The number of halogens is 3. The predicted octanol–water partition coefficient (Wildman–Crippen LogP) is 1.53. The van der Waals surface area contributed by atoms with Gasteiger partial charge in [-0.2, -0.15) is 13.2 Å². The van der Waals surface area contributed by atoms with Crippen LogP contribution >= 0.6 is 11.8 Å². The fraction of sp³-hybridized carbons (Fsp3) is 0.500. The van der Waals surface area contributed by atoms with Crippen LogP contribution in [-0.4, -0.2) is 34.5 Å². The zero-order chi connectivity index (χ0) is 12.5. The van der Waals surface area contributed by atoms with Crippen LogP contribution in [0.5, 0.6) is 0 Å². The Hall–Kier alpha value is -0.790. The molecule has 17 heavy (non-hydrogen) atoms. The lowest BCUT2D eigenvalue weighted by Crippen LogP contribution is -2.20. The summed E-state index contributed by atoms with van der Waals surface area (Å²) < 4.78 is 36.9. The molecule has 7 heteroatoms. The quantitative estimate of drug-likeness (QED) is 0.850. The Balaban J connectivity index is 2.03. The van der Waals surface area contributed by atoms with E-state index in [1.165, 1.54) is 17.8 Å². The highest BCUT2D eigenvalue weighted by molar-refractivity contribution is 8.00. The topological polar surface area (TPSA) is 45.1 Å². The maximum absolute atomic E-state index is 12.3. The van der Waals surface area contributed by atoms with Gasteiger partial charge in [0.05, 0.1) is 21.9 Å². The number of aliphatic hydroxyl groups is 1. The van der Waals surface area contributed by atoms with Crippen LogP contribution in [0.3, 0.4) is 0 Å². The largest absolute Gasteiger partial charge is 0.417 e. The molecule has 0 aromatic carbocycles. The van der Waals surface area contributed by atoms with Gasteiger partial charge in [-0.25, -0.2) is 4.98 Å². The minimum atomic E-state index is -4.36. The van der Waals surface area contributed by atoms with Gasteiger partial charge < -0.3 is 10.4 Å². The highest BCUT2D eigenvalue weighted by Crippen LogP contribution is 2.31. The van der Waals surface area contributed by atoms with Crippen molar-refractivity contribution in [2.45, 2.75) is 22.6 Å². The average Bonchev–Trinajstić information content (AvgIpc) is 2.64. The van der Waals surface area contributed by atoms with Crippen molar-refractivity contribution in [2.24, 2.45) is 0 Å². The van der Waals surface area contributed by atoms with E-state index in [4.69, 9.17) is 0 Å². The molecule has 2 rings (SSSR count). The SMILES string of the molecule is OC1CNCC1Sc1ccc(C(F)(F)F)cn1. The Morgan fingerprint density at radius 3 is 2.59 bits per heavy atom. The number of nitrogens with zero attached hydrogens (tertiary/aromatic N) is 1. The van der Waals surface area contributed by atoms with Crippen LogP contribution in [0.1, 0.15) is 5.56 Å². The van der Waals surface area contributed by atoms with Gasteiger partial charge in [0.15, 0.2) is 0 Å². The Kier molecular flexibility index (Phi) is 3.60. The summed E-state index contributed by atoms with van der Waals surface area (Å²) >= 11 is 1.29. The molecule has 0 radical (unpaired) electrons. The number of β-amino-alcohol motifs (C(OH)–C–C–N with tert-alkyl or cyclic N) is 1. The van der Waals surface area contributed by atoms with Gasteiger partial charge in [0.1, 0.15) is 0 Å². The smallest absolute Gasteiger partial charge is 0.391 e. The third-order valence-electron chi connectivity index (χ3n) is 2.46. The molecule has 0 bridgehead atoms. The van der Waals surface area contributed by atoms with Crippen LogP contribution in [0.25, 0.3) is 0 Å². The van der Waals surface area contributed by atoms with E-state index < -0.39 is 17.8 Å². The Labute approximate surface area is 100 Å². The van der Waals surface area contributed by atoms with E-state index in [-0.39, 0.29) is 5.25 Å². The van der Waals surface area contributed by atoms with Crippen LogP contribution in [-0.2, 0) is 6.18 Å². The van der Waals surface area contributed by atoms with Crippen molar-refractivity contribution in [3.63, 3.8) is 0 Å². The third kappa shape index (κ3) is 3.11. The Morgan fingerprint density at radius 2 is 2.12 bits per heavy atom. The molecule has 2 atom stereocenters. The molecular formula is C10H11F3N2OS. The van der Waals surface area contributed by atoms with E-state index >= 15 is 0 Å². The maximum atomic E-state index is 12.3. The number of aliphatic hydroxyl groups excluding tert-OH is 1. The summed E-state index contributed by atoms with van der Waals surface area (Å²) in [5.41, 5.74) is -0.757. The van der Waals surface area contributed by atoms with E-state index in [0.29, 0.717) is 18.1 Å². The van der Waals surface area contributed by atoms with E-state index in [9.17, 15) is 18.3 Å². The molecular weight excluding hydrogens is 253 g/mol. The molecule has 0 amide bonds. The van der Waals surface area contributed by atoms with Crippen LogP contribution in [0.4, 0.5) is 13.2 Å². The minimum absolute atomic E-state index is 0.0563. The first-order chi connectivity index (χ1) is 7.97. The van der Waals surface area contributed by atoms with Crippen LogP contribution in [0.2, 0.25) is 0 Å². The summed E-state index contributed by atoms with van der Waals surface area (Å²) in [4.78, 5) is 3.75. The van der Waals surface area contributed by atoms with Gasteiger partial charge in [-0.15, -0.1) is 0 Å². The molecule has 2 unspecified atom stereocenters. The summed E-state index contributed by atoms with van der Waals surface area (Å²) in [7, 11) is 0. The van der Waals surface area contributed by atoms with Gasteiger partial charge in [-0.3, -0.25) is 0 Å². The number of aromatic nitrogens is 1. The van der Waals surface area contributed by atoms with Crippen LogP contribution < -0.4 is 5.32 Å². The lowest BCUT2D eigenvalue weighted by molar-refractivity contribution is -0.137. The molecule has 0 aliphatic carbocycles. The highest BCUT2D eigenvalue weighted by Gasteiger charge is 2.31. The van der Waals surface area contributed by atoms with Crippen molar-refractivity contribution in [1.29, 1.82) is 0 Å². The first-order valence-corrected chi connectivity index (χ1v) is 5.93. The standard InChI is InChI=1S/C10H11F3N2OS/c11-10(12,13)6-1-2-9(15-3-6)17-8-5-14-4-7(8)16/h1-3,7-8,14,16H,4-5H2. The zero-order valence-corrected chi connectivity index (χ0v) is 9.55. The molecule has 0 saturated carbocycles. The summed E-state index contributed by atoms with van der Waals surface area (Å²) in [6, 6.07) is 2.34. The fourth-order valence-electron chi connectivity index (χ4n) is 1.53. The van der Waals surface area contributed by atoms with Crippen LogP contribution in [0, 0.1) is 0 Å². The molecule has 1 aromatic heterocycles. The number of alkyl halides is 3. The van der Waals surface area contributed by atoms with Crippen molar-refractivity contribution >= 4 is 11.8 Å². The van der Waals surface area contributed by atoms with E-state index in [0.717, 1.165) is 12.3 Å². The summed E-state index contributed by atoms with van der Waals surface area (Å²) in [6.07, 6.45) is -4.02. The Morgan fingerprint density at radius 1 is 1.35 bits per heavy atom. The molecule has 1 aliphatic heterocycles. The number of pyridine rings is 1. The Bertz CT molecular complexity index is 382. The second-order valence-corrected chi connectivity index (χ2v) is 5.02. The molecule has 2 heterocycles. The molecule has 0 spiro atoms. The summed E-state index contributed by atoms with van der Waals surface area (Å²) in [5, 5.41) is 13.0. The molecule has 1 aliphatic rings. The predicted molar refractivity (Wildman–Crippen MR) is 57.8 cm³/mol. The van der Waals surface area contributed by atoms with Gasteiger partial charge in [0.2, 0.25) is 0 Å². The number of nitrogens with one attached hydrogen (secondary N) is 1. The zero-order valence-electron chi connectivity index (χ0n) is 8.74. The lowest BCUT2D eigenvalue weighted by Gasteiger charge is -2.12. The number of rotatable bonds is 2. The maximum Gasteiger partial charge on any atom is 0.417 e. The van der Waals surface area contributed by atoms with Crippen molar-refractivity contribution in [3.8, 4) is 0 Å². The fourth-order valence-corrected chi connectivity index (χ4v) is 2.56. The first-order valence-electron chi connectivity index (χ1n) is 5.05. The van der Waals surface area contributed by atoms with Gasteiger partial charge in [0, 0.05) is 19.3 Å². The molecule has 2 N–H and O–H groups in total. The average molecular weight is 264 g/mol. The molecule has 1 saturated heterocycles. The second-order valence-electron chi connectivity index (χ2n) is 3.76. The summed E-state index contributed by atoms with van der Waals surface area (Å²) in [5.74, 6) is 0. The van der Waals surface area contributed by atoms with Crippen molar-refractivity contribution in [2.75, 3.05) is 13.1 Å².